The highest BCUT2D eigenvalue weighted by Gasteiger charge is 2.53. The Labute approximate surface area is 287 Å². The number of anilines is 2. The molecule has 0 radical (unpaired) electrons. The maximum Gasteiger partial charge on any atom is 0.0737 e. The van der Waals surface area contributed by atoms with Crippen LogP contribution in [0.3, 0.4) is 0 Å². The number of nitrogens with one attached hydrogen (secondary N) is 1. The maximum absolute atomic E-state index is 5.57. The van der Waals surface area contributed by atoms with Crippen molar-refractivity contribution in [2.24, 2.45) is 0 Å². The van der Waals surface area contributed by atoms with Crippen LogP contribution in [0.5, 0.6) is 0 Å². The zero-order valence-corrected chi connectivity index (χ0v) is 27.7. The molecule has 0 saturated heterocycles. The summed E-state index contributed by atoms with van der Waals surface area (Å²) in [5.41, 5.74) is 21.8. The van der Waals surface area contributed by atoms with Gasteiger partial charge in [0.15, 0.2) is 0 Å². The van der Waals surface area contributed by atoms with Crippen LogP contribution in [-0.2, 0) is 5.41 Å². The van der Waals surface area contributed by atoms with Crippen LogP contribution >= 0.6 is 0 Å². The average Bonchev–Trinajstić information content (AvgIpc) is 3.63. The normalized spacial score (nSPS) is 12.9. The van der Waals surface area contributed by atoms with Crippen LogP contribution < -0.4 is 11.1 Å². The number of para-hydroxylation sites is 2. The van der Waals surface area contributed by atoms with Gasteiger partial charge >= 0.3 is 0 Å². The number of aryl methyl sites for hydroxylation is 1. The van der Waals surface area contributed by atoms with Gasteiger partial charge in [0.05, 0.1) is 16.8 Å². The first-order valence-electron chi connectivity index (χ1n) is 17.0. The monoisotopic (exact) mass is 628 g/mol. The van der Waals surface area contributed by atoms with Gasteiger partial charge in [0.25, 0.3) is 0 Å². The van der Waals surface area contributed by atoms with E-state index in [1.165, 1.54) is 82.7 Å². The van der Waals surface area contributed by atoms with Crippen molar-refractivity contribution in [1.82, 2.24) is 0 Å². The van der Waals surface area contributed by atoms with Crippen molar-refractivity contribution >= 4 is 32.9 Å². The Morgan fingerprint density at radius 2 is 1.06 bits per heavy atom. The fraction of sp³-hybridized carbons (Fsp3) is 0.0638. The third-order valence-electron chi connectivity index (χ3n) is 10.5. The lowest BCUT2D eigenvalue weighted by Gasteiger charge is -2.32. The van der Waals surface area contributed by atoms with Gasteiger partial charge in [-0.25, -0.2) is 0 Å². The van der Waals surface area contributed by atoms with E-state index in [0.717, 1.165) is 11.4 Å². The molecule has 0 atom stereocenters. The van der Waals surface area contributed by atoms with E-state index in [9.17, 15) is 0 Å². The van der Waals surface area contributed by atoms with E-state index >= 15 is 0 Å². The van der Waals surface area contributed by atoms with Crippen molar-refractivity contribution in [2.45, 2.75) is 12.3 Å². The van der Waals surface area contributed by atoms with E-state index in [2.05, 4.69) is 152 Å². The van der Waals surface area contributed by atoms with Crippen LogP contribution in [0.15, 0.2) is 164 Å². The molecule has 3 N–H and O–H groups in total. The van der Waals surface area contributed by atoms with E-state index in [-0.39, 0.29) is 5.41 Å². The van der Waals surface area contributed by atoms with Crippen LogP contribution in [0, 0.1) is 6.92 Å². The number of benzene rings is 8. The van der Waals surface area contributed by atoms with Gasteiger partial charge in [-0.3, -0.25) is 0 Å². The van der Waals surface area contributed by atoms with E-state index in [4.69, 9.17) is 5.73 Å². The molecule has 0 bridgehead atoms. The highest BCUT2D eigenvalue weighted by atomic mass is 14.8. The van der Waals surface area contributed by atoms with Gasteiger partial charge in [-0.1, -0.05) is 151 Å². The quantitative estimate of drug-likeness (QED) is 0.187. The number of nitrogens with two attached hydrogens (primary N) is 1. The lowest BCUT2D eigenvalue weighted by molar-refractivity contribution is 0.809. The smallest absolute Gasteiger partial charge is 0.0737 e. The molecule has 10 rings (SSSR count). The molecule has 2 aliphatic carbocycles. The van der Waals surface area contributed by atoms with Gasteiger partial charge in [-0.15, -0.1) is 0 Å². The molecular weight excluding hydrogens is 593 g/mol. The van der Waals surface area contributed by atoms with Crippen molar-refractivity contribution in [3.63, 3.8) is 0 Å². The van der Waals surface area contributed by atoms with Gasteiger partial charge in [0.1, 0.15) is 0 Å². The summed E-state index contributed by atoms with van der Waals surface area (Å²) in [4.78, 5) is 0. The molecule has 0 aromatic heterocycles. The molecule has 234 valence electrons. The van der Waals surface area contributed by atoms with Crippen LogP contribution in [0.25, 0.3) is 54.9 Å². The molecule has 8 aromatic rings. The van der Waals surface area contributed by atoms with Gasteiger partial charge in [0.2, 0.25) is 0 Å². The summed E-state index contributed by atoms with van der Waals surface area (Å²) < 4.78 is 0. The summed E-state index contributed by atoms with van der Waals surface area (Å²) in [6.45, 7) is 2.16. The minimum absolute atomic E-state index is 0.372. The lowest BCUT2D eigenvalue weighted by Crippen LogP contribution is -2.26. The minimum Gasteiger partial charge on any atom is -0.397 e. The molecule has 49 heavy (non-hydrogen) atoms. The van der Waals surface area contributed by atoms with Gasteiger partial charge < -0.3 is 11.1 Å². The third kappa shape index (κ3) is 4.27. The van der Waals surface area contributed by atoms with Crippen LogP contribution in [0.2, 0.25) is 0 Å². The average molecular weight is 629 g/mol. The van der Waals surface area contributed by atoms with Crippen LogP contribution in [0.4, 0.5) is 11.4 Å². The first-order chi connectivity index (χ1) is 24.1. The van der Waals surface area contributed by atoms with Crippen molar-refractivity contribution < 1.29 is 0 Å². The van der Waals surface area contributed by atoms with Crippen molar-refractivity contribution in [2.75, 3.05) is 18.1 Å². The molecule has 1 spiro atoms. The van der Waals surface area contributed by atoms with Gasteiger partial charge in [-0.05, 0) is 102 Å². The van der Waals surface area contributed by atoms with Crippen molar-refractivity contribution in [3.8, 4) is 33.4 Å². The number of fused-ring (bicyclic) bond motifs is 14. The summed E-state index contributed by atoms with van der Waals surface area (Å²) in [6.07, 6.45) is 0. The fourth-order valence-corrected chi connectivity index (χ4v) is 8.49. The van der Waals surface area contributed by atoms with E-state index in [0.29, 0.717) is 0 Å². The third-order valence-corrected chi connectivity index (χ3v) is 10.5. The molecule has 0 heterocycles. The van der Waals surface area contributed by atoms with E-state index in [1.807, 2.05) is 31.3 Å². The molecule has 0 unspecified atom stereocenters. The molecule has 2 heteroatoms. The topological polar surface area (TPSA) is 38.0 Å². The highest BCUT2D eigenvalue weighted by molar-refractivity contribution is 6.09. The fourth-order valence-electron chi connectivity index (χ4n) is 8.49. The van der Waals surface area contributed by atoms with E-state index in [1.54, 1.807) is 0 Å². The zero-order chi connectivity index (χ0) is 33.1. The van der Waals surface area contributed by atoms with Crippen LogP contribution in [0.1, 0.15) is 27.8 Å². The minimum atomic E-state index is -0.372. The second-order valence-electron chi connectivity index (χ2n) is 13.2. The SMILES string of the molecule is CNc1ccccc1N.Cc1cccc(-c2ccc3c4c(ccc3c2)-c2ccc3ccccc3c2C42c3ccccc3-c3ccccc32)c1. The Morgan fingerprint density at radius 1 is 0.469 bits per heavy atom. The predicted octanol–water partition coefficient (Wildman–Crippen LogP) is 11.6. The Kier molecular flexibility index (Phi) is 6.67. The highest BCUT2D eigenvalue weighted by Crippen LogP contribution is 2.65. The van der Waals surface area contributed by atoms with Gasteiger partial charge in [-0.2, -0.15) is 0 Å². The number of hydrogen-bond donors (Lipinski definition) is 2. The van der Waals surface area contributed by atoms with Crippen molar-refractivity contribution in [3.05, 3.63) is 192 Å². The number of rotatable bonds is 2. The number of hydrogen-bond acceptors (Lipinski definition) is 2. The first kappa shape index (κ1) is 29.1. The molecule has 2 aliphatic rings. The summed E-state index contributed by atoms with van der Waals surface area (Å²) >= 11 is 0. The first-order valence-corrected chi connectivity index (χ1v) is 17.0. The Bertz CT molecular complexity index is 2530. The van der Waals surface area contributed by atoms with Crippen LogP contribution in [-0.4, -0.2) is 7.05 Å². The summed E-state index contributed by atoms with van der Waals surface area (Å²) in [7, 11) is 1.85. The van der Waals surface area contributed by atoms with Crippen molar-refractivity contribution in [1.29, 1.82) is 0 Å². The van der Waals surface area contributed by atoms with Gasteiger partial charge in [0, 0.05) is 7.05 Å². The standard InChI is InChI=1S/C40H26.C7H10N2/c1-25-9-8-11-27(23-25)28-18-20-31-29(24-28)19-22-35-34-21-17-26-10-2-3-12-30(26)38(34)40(39(31)35)36-15-6-4-13-32(36)33-14-5-7-16-37(33)40;1-9-7-5-3-2-4-6(7)8/h2-24H,1H3;2-5,9H,8H2,1H3. The Morgan fingerprint density at radius 3 is 1.73 bits per heavy atom. The Hall–Kier alpha value is -6.12. The Balaban J connectivity index is 0.000000317. The second-order valence-corrected chi connectivity index (χ2v) is 13.2. The predicted molar refractivity (Wildman–Crippen MR) is 208 cm³/mol. The molecule has 0 saturated carbocycles. The molecule has 0 fully saturated rings. The largest absolute Gasteiger partial charge is 0.397 e. The molecular formula is C47H36N2. The molecule has 0 amide bonds. The molecule has 8 aromatic carbocycles. The summed E-state index contributed by atoms with van der Waals surface area (Å²) in [5.74, 6) is 0. The summed E-state index contributed by atoms with van der Waals surface area (Å²) in [6, 6.07) is 60.0. The zero-order valence-electron chi connectivity index (χ0n) is 27.7. The lowest BCUT2D eigenvalue weighted by atomic mass is 9.68. The second kappa shape index (κ2) is 11.2. The number of nitrogen functional groups attached to an aromatic ring is 1. The summed E-state index contributed by atoms with van der Waals surface area (Å²) in [5, 5.41) is 8.23. The maximum atomic E-state index is 5.57. The molecule has 2 nitrogen and oxygen atoms in total. The molecule has 0 aliphatic heterocycles. The van der Waals surface area contributed by atoms with E-state index < -0.39 is 0 Å².